The molecule has 142 valence electrons. The van der Waals surface area contributed by atoms with Gasteiger partial charge < -0.3 is 9.72 Å². The number of benzene rings is 1. The van der Waals surface area contributed by atoms with Gasteiger partial charge in [-0.15, -0.1) is 11.3 Å². The van der Waals surface area contributed by atoms with Crippen molar-refractivity contribution >= 4 is 38.4 Å². The summed E-state index contributed by atoms with van der Waals surface area (Å²) >= 11 is 1.39. The maximum absolute atomic E-state index is 12.3. The van der Waals surface area contributed by atoms with Crippen LogP contribution in [0.4, 0.5) is 0 Å². The summed E-state index contributed by atoms with van der Waals surface area (Å²) in [6.07, 6.45) is 0.707. The van der Waals surface area contributed by atoms with Crippen molar-refractivity contribution in [2.24, 2.45) is 0 Å². The first-order valence-corrected chi connectivity index (χ1v) is 9.52. The summed E-state index contributed by atoms with van der Waals surface area (Å²) in [5.41, 5.74) is 0.0589. The van der Waals surface area contributed by atoms with Gasteiger partial charge in [0.2, 0.25) is 0 Å². The number of fused-ring (bicyclic) bond motifs is 2. The minimum atomic E-state index is -0.723. The summed E-state index contributed by atoms with van der Waals surface area (Å²) in [7, 11) is 0. The predicted octanol–water partition coefficient (Wildman–Crippen LogP) is 2.39. The van der Waals surface area contributed by atoms with Gasteiger partial charge in [0.05, 0.1) is 29.0 Å². The average molecular weight is 396 g/mol. The highest BCUT2D eigenvalue weighted by molar-refractivity contribution is 7.16. The Bertz CT molecular complexity index is 1290. The highest BCUT2D eigenvalue weighted by Crippen LogP contribution is 2.16. The SMILES string of the molecule is CC(OC(=O)CCn1cnc2sccc2c1=O)c1nc2ccccc2c(=O)[nH]1. The van der Waals surface area contributed by atoms with E-state index in [0.29, 0.717) is 21.1 Å². The number of aryl methyl sites for hydroxylation is 1. The molecule has 0 aliphatic rings. The Hall–Kier alpha value is -3.33. The van der Waals surface area contributed by atoms with Gasteiger partial charge in [-0.05, 0) is 30.5 Å². The molecule has 0 saturated carbocycles. The number of rotatable bonds is 5. The van der Waals surface area contributed by atoms with Crippen LogP contribution in [0, 0.1) is 0 Å². The fourth-order valence-corrected chi connectivity index (χ4v) is 3.60. The van der Waals surface area contributed by atoms with E-state index in [4.69, 9.17) is 4.74 Å². The van der Waals surface area contributed by atoms with Gasteiger partial charge in [-0.25, -0.2) is 9.97 Å². The summed E-state index contributed by atoms with van der Waals surface area (Å²) in [6.45, 7) is 1.79. The number of para-hydroxylation sites is 1. The smallest absolute Gasteiger partial charge is 0.308 e. The van der Waals surface area contributed by atoms with Gasteiger partial charge in [0.25, 0.3) is 11.1 Å². The number of carbonyl (C=O) groups excluding carboxylic acids is 1. The molecule has 28 heavy (non-hydrogen) atoms. The maximum Gasteiger partial charge on any atom is 0.308 e. The molecule has 8 nitrogen and oxygen atoms in total. The lowest BCUT2D eigenvalue weighted by atomic mass is 10.2. The van der Waals surface area contributed by atoms with E-state index in [9.17, 15) is 14.4 Å². The molecule has 0 spiro atoms. The van der Waals surface area contributed by atoms with E-state index in [2.05, 4.69) is 15.0 Å². The zero-order valence-electron chi connectivity index (χ0n) is 14.9. The van der Waals surface area contributed by atoms with E-state index < -0.39 is 12.1 Å². The number of hydrogen-bond acceptors (Lipinski definition) is 7. The van der Waals surface area contributed by atoms with E-state index in [0.717, 1.165) is 0 Å². The Kier molecular flexibility index (Phi) is 4.74. The van der Waals surface area contributed by atoms with Crippen molar-refractivity contribution in [1.29, 1.82) is 0 Å². The van der Waals surface area contributed by atoms with Crippen molar-refractivity contribution in [2.75, 3.05) is 0 Å². The van der Waals surface area contributed by atoms with E-state index >= 15 is 0 Å². The van der Waals surface area contributed by atoms with Crippen LogP contribution < -0.4 is 11.1 Å². The van der Waals surface area contributed by atoms with Crippen molar-refractivity contribution in [1.82, 2.24) is 19.5 Å². The number of esters is 1. The topological polar surface area (TPSA) is 107 Å². The first kappa shape index (κ1) is 18.1. The van der Waals surface area contributed by atoms with Crippen molar-refractivity contribution in [3.8, 4) is 0 Å². The van der Waals surface area contributed by atoms with E-state index in [1.54, 1.807) is 42.6 Å². The van der Waals surface area contributed by atoms with Gasteiger partial charge in [-0.2, -0.15) is 0 Å². The maximum atomic E-state index is 12.3. The number of ether oxygens (including phenoxy) is 1. The van der Waals surface area contributed by atoms with Gasteiger partial charge >= 0.3 is 5.97 Å². The molecule has 0 saturated heterocycles. The van der Waals surface area contributed by atoms with Gasteiger partial charge in [0, 0.05) is 6.54 Å². The Morgan fingerprint density at radius 3 is 2.93 bits per heavy atom. The first-order valence-electron chi connectivity index (χ1n) is 8.64. The normalized spacial score (nSPS) is 12.3. The molecule has 4 rings (SSSR count). The lowest BCUT2D eigenvalue weighted by Crippen LogP contribution is -2.23. The number of carbonyl (C=O) groups is 1. The summed E-state index contributed by atoms with van der Waals surface area (Å²) in [4.78, 5) is 48.6. The molecule has 0 aliphatic heterocycles. The second kappa shape index (κ2) is 7.35. The zero-order chi connectivity index (χ0) is 19.7. The molecular formula is C19H16N4O4S. The Morgan fingerprint density at radius 2 is 2.07 bits per heavy atom. The standard InChI is InChI=1S/C19H16N4O4S/c1-11(16-21-14-5-3-2-4-12(14)17(25)22-16)27-15(24)6-8-23-10-20-18-13(19(23)26)7-9-28-18/h2-5,7,9-11H,6,8H2,1H3,(H,21,22,25). The Balaban J connectivity index is 1.45. The highest BCUT2D eigenvalue weighted by atomic mass is 32.1. The molecule has 0 bridgehead atoms. The average Bonchev–Trinajstić information content (AvgIpc) is 3.17. The minimum Gasteiger partial charge on any atom is -0.454 e. The second-order valence-electron chi connectivity index (χ2n) is 6.23. The number of aromatic amines is 1. The van der Waals surface area contributed by atoms with Gasteiger partial charge in [-0.3, -0.25) is 19.0 Å². The van der Waals surface area contributed by atoms with Gasteiger partial charge in [-0.1, -0.05) is 12.1 Å². The quantitative estimate of drug-likeness (QED) is 0.519. The molecule has 0 fully saturated rings. The van der Waals surface area contributed by atoms with Crippen LogP contribution in [0.3, 0.4) is 0 Å². The van der Waals surface area contributed by atoms with Crippen molar-refractivity contribution in [3.63, 3.8) is 0 Å². The summed E-state index contributed by atoms with van der Waals surface area (Å²) < 4.78 is 6.76. The molecule has 0 radical (unpaired) electrons. The Morgan fingerprint density at radius 1 is 1.25 bits per heavy atom. The van der Waals surface area contributed by atoms with Crippen LogP contribution in [0.25, 0.3) is 21.1 Å². The molecule has 1 N–H and O–H groups in total. The minimum absolute atomic E-state index is 0.000611. The molecule has 9 heteroatoms. The Labute approximate surface area is 162 Å². The van der Waals surface area contributed by atoms with E-state index in [1.807, 2.05) is 0 Å². The molecule has 1 atom stereocenters. The molecule has 3 heterocycles. The molecule has 1 aromatic carbocycles. The third-order valence-electron chi connectivity index (χ3n) is 4.33. The molecule has 3 aromatic heterocycles. The van der Waals surface area contributed by atoms with E-state index in [-0.39, 0.29) is 29.9 Å². The number of nitrogens with zero attached hydrogens (tertiary/aromatic N) is 3. The highest BCUT2D eigenvalue weighted by Gasteiger charge is 2.16. The second-order valence-corrected chi connectivity index (χ2v) is 7.13. The van der Waals surface area contributed by atoms with Crippen LogP contribution >= 0.6 is 11.3 Å². The molecule has 4 aromatic rings. The van der Waals surface area contributed by atoms with Crippen LogP contribution in [0.5, 0.6) is 0 Å². The number of aromatic nitrogens is 4. The lowest BCUT2D eigenvalue weighted by Gasteiger charge is -2.13. The number of nitrogens with one attached hydrogen (secondary N) is 1. The van der Waals surface area contributed by atoms with Gasteiger partial charge in [0.1, 0.15) is 4.83 Å². The summed E-state index contributed by atoms with van der Waals surface area (Å²) in [6, 6.07) is 8.66. The largest absolute Gasteiger partial charge is 0.454 e. The van der Waals surface area contributed by atoms with Crippen molar-refractivity contribution in [2.45, 2.75) is 26.0 Å². The summed E-state index contributed by atoms with van der Waals surface area (Å²) in [5.74, 6) is -0.226. The van der Waals surface area contributed by atoms with Crippen LogP contribution in [-0.4, -0.2) is 25.5 Å². The molecule has 0 aliphatic carbocycles. The van der Waals surface area contributed by atoms with Crippen LogP contribution in [0.1, 0.15) is 25.3 Å². The van der Waals surface area contributed by atoms with Crippen molar-refractivity contribution in [3.05, 3.63) is 68.6 Å². The molecule has 1 unspecified atom stereocenters. The first-order chi connectivity index (χ1) is 13.5. The number of thiophene rings is 1. The third kappa shape index (κ3) is 3.44. The van der Waals surface area contributed by atoms with Crippen LogP contribution in [0.2, 0.25) is 0 Å². The van der Waals surface area contributed by atoms with Gasteiger partial charge in [0.15, 0.2) is 11.9 Å². The predicted molar refractivity (Wildman–Crippen MR) is 105 cm³/mol. The third-order valence-corrected chi connectivity index (χ3v) is 5.15. The zero-order valence-corrected chi connectivity index (χ0v) is 15.7. The van der Waals surface area contributed by atoms with Crippen molar-refractivity contribution < 1.29 is 9.53 Å². The fraction of sp³-hybridized carbons (Fsp3) is 0.211. The molecule has 0 amide bonds. The number of H-pyrrole nitrogens is 1. The fourth-order valence-electron chi connectivity index (χ4n) is 2.87. The molecular weight excluding hydrogens is 380 g/mol. The monoisotopic (exact) mass is 396 g/mol. The lowest BCUT2D eigenvalue weighted by molar-refractivity contribution is -0.149. The van der Waals surface area contributed by atoms with Crippen LogP contribution in [-0.2, 0) is 16.1 Å². The summed E-state index contributed by atoms with van der Waals surface area (Å²) in [5, 5.41) is 2.81. The van der Waals surface area contributed by atoms with Crippen LogP contribution in [0.15, 0.2) is 51.6 Å². The van der Waals surface area contributed by atoms with E-state index in [1.165, 1.54) is 22.2 Å². The number of hydrogen-bond donors (Lipinski definition) is 1.